The standard InChI is InChI=1S/C10H10ClNO3S/c11-8-3-2-7(6-9(8)16(14)15)10(13)12-4-1-5-12/h2-3,6,16H,1,4-5H2. The van der Waals surface area contributed by atoms with Gasteiger partial charge in [0.05, 0.1) is 9.92 Å². The Morgan fingerprint density at radius 2 is 2.00 bits per heavy atom. The molecule has 0 aromatic heterocycles. The summed E-state index contributed by atoms with van der Waals surface area (Å²) >= 11 is 5.71. The van der Waals surface area contributed by atoms with Crippen LogP contribution in [-0.2, 0) is 10.7 Å². The zero-order chi connectivity index (χ0) is 11.7. The first-order valence-corrected chi connectivity index (χ1v) is 6.38. The molecule has 1 amide bonds. The molecule has 6 heteroatoms. The third-order valence-corrected chi connectivity index (χ3v) is 3.76. The number of carbonyl (C=O) groups excluding carboxylic acids is 1. The predicted octanol–water partition coefficient (Wildman–Crippen LogP) is 1.16. The van der Waals surface area contributed by atoms with Crippen molar-refractivity contribution < 1.29 is 13.2 Å². The van der Waals surface area contributed by atoms with Crippen molar-refractivity contribution in [3.8, 4) is 0 Å². The van der Waals surface area contributed by atoms with Gasteiger partial charge in [0.25, 0.3) is 5.91 Å². The number of thiol groups is 1. The van der Waals surface area contributed by atoms with Crippen LogP contribution in [0.1, 0.15) is 16.8 Å². The van der Waals surface area contributed by atoms with Crippen LogP contribution >= 0.6 is 11.6 Å². The Labute approximate surface area is 99.8 Å². The lowest BCUT2D eigenvalue weighted by molar-refractivity contribution is 0.0651. The van der Waals surface area contributed by atoms with E-state index < -0.39 is 10.7 Å². The third kappa shape index (κ3) is 2.05. The zero-order valence-electron chi connectivity index (χ0n) is 8.35. The second kappa shape index (κ2) is 4.43. The van der Waals surface area contributed by atoms with Gasteiger partial charge in [-0.2, -0.15) is 0 Å². The Morgan fingerprint density at radius 3 is 2.50 bits per heavy atom. The molecule has 0 atom stereocenters. The minimum absolute atomic E-state index is 0.00281. The van der Waals surface area contributed by atoms with Crippen LogP contribution in [0.5, 0.6) is 0 Å². The molecule has 1 aliphatic rings. The molecule has 0 aliphatic carbocycles. The minimum Gasteiger partial charge on any atom is -0.339 e. The van der Waals surface area contributed by atoms with E-state index in [-0.39, 0.29) is 15.8 Å². The van der Waals surface area contributed by atoms with Gasteiger partial charge in [0, 0.05) is 18.7 Å². The second-order valence-electron chi connectivity index (χ2n) is 3.57. The number of carbonyl (C=O) groups is 1. The van der Waals surface area contributed by atoms with Crippen LogP contribution in [-0.4, -0.2) is 32.3 Å². The molecular formula is C10H10ClNO3S. The van der Waals surface area contributed by atoms with Gasteiger partial charge in [-0.15, -0.1) is 0 Å². The van der Waals surface area contributed by atoms with E-state index in [1.807, 2.05) is 0 Å². The van der Waals surface area contributed by atoms with Crippen molar-refractivity contribution >= 4 is 28.2 Å². The van der Waals surface area contributed by atoms with Crippen molar-refractivity contribution in [2.45, 2.75) is 11.3 Å². The fraction of sp³-hybridized carbons (Fsp3) is 0.300. The first kappa shape index (κ1) is 11.4. The Balaban J connectivity index is 2.35. The molecule has 0 bridgehead atoms. The third-order valence-electron chi connectivity index (χ3n) is 2.53. The summed E-state index contributed by atoms with van der Waals surface area (Å²) in [6.07, 6.45) is 1.00. The van der Waals surface area contributed by atoms with E-state index in [0.29, 0.717) is 5.56 Å². The number of nitrogens with zero attached hydrogens (tertiary/aromatic N) is 1. The van der Waals surface area contributed by atoms with Gasteiger partial charge in [-0.05, 0) is 24.6 Å². The topological polar surface area (TPSA) is 54.5 Å². The molecule has 1 aliphatic heterocycles. The van der Waals surface area contributed by atoms with Crippen LogP contribution in [0.2, 0.25) is 5.02 Å². The van der Waals surface area contributed by atoms with Gasteiger partial charge in [-0.3, -0.25) is 4.79 Å². The molecule has 0 N–H and O–H groups in total. The molecule has 1 aromatic rings. The molecule has 0 spiro atoms. The zero-order valence-corrected chi connectivity index (χ0v) is 10.0. The Bertz CT molecular complexity index is 501. The van der Waals surface area contributed by atoms with Crippen LogP contribution in [0, 0.1) is 0 Å². The number of benzene rings is 1. The summed E-state index contributed by atoms with van der Waals surface area (Å²) in [5, 5.41) is 0.149. The highest BCUT2D eigenvalue weighted by Gasteiger charge is 2.22. The second-order valence-corrected chi connectivity index (χ2v) is 4.97. The summed E-state index contributed by atoms with van der Waals surface area (Å²) in [7, 11) is -2.77. The number of amides is 1. The summed E-state index contributed by atoms with van der Waals surface area (Å²) in [4.78, 5) is 13.5. The van der Waals surface area contributed by atoms with Crippen molar-refractivity contribution in [2.75, 3.05) is 13.1 Å². The molecule has 1 heterocycles. The predicted molar refractivity (Wildman–Crippen MR) is 60.6 cm³/mol. The number of hydrogen-bond donors (Lipinski definition) is 1. The van der Waals surface area contributed by atoms with Crippen LogP contribution in [0.4, 0.5) is 0 Å². The highest BCUT2D eigenvalue weighted by molar-refractivity contribution is 7.72. The Kier molecular flexibility index (Phi) is 3.16. The highest BCUT2D eigenvalue weighted by atomic mass is 35.5. The minimum atomic E-state index is -2.77. The highest BCUT2D eigenvalue weighted by Crippen LogP contribution is 2.21. The average molecular weight is 260 g/mol. The van der Waals surface area contributed by atoms with Crippen molar-refractivity contribution in [2.24, 2.45) is 0 Å². The van der Waals surface area contributed by atoms with Crippen molar-refractivity contribution in [1.29, 1.82) is 0 Å². The van der Waals surface area contributed by atoms with Crippen LogP contribution in [0.3, 0.4) is 0 Å². The summed E-state index contributed by atoms with van der Waals surface area (Å²) in [5.41, 5.74) is 0.373. The first-order chi connectivity index (χ1) is 7.59. The summed E-state index contributed by atoms with van der Waals surface area (Å²) in [6, 6.07) is 4.31. The van der Waals surface area contributed by atoms with Gasteiger partial charge >= 0.3 is 0 Å². The SMILES string of the molecule is O=C(c1ccc(Cl)c([SH](=O)=O)c1)N1CCC1. The number of hydrogen-bond acceptors (Lipinski definition) is 3. The average Bonchev–Trinajstić information content (AvgIpc) is 2.15. The molecule has 0 saturated carbocycles. The van der Waals surface area contributed by atoms with E-state index in [1.165, 1.54) is 12.1 Å². The summed E-state index contributed by atoms with van der Waals surface area (Å²) in [6.45, 7) is 1.47. The summed E-state index contributed by atoms with van der Waals surface area (Å²) in [5.74, 6) is -0.138. The summed E-state index contributed by atoms with van der Waals surface area (Å²) < 4.78 is 21.8. The lowest BCUT2D eigenvalue weighted by atomic mass is 10.1. The number of likely N-dealkylation sites (tertiary alicyclic amines) is 1. The van der Waals surface area contributed by atoms with E-state index in [0.717, 1.165) is 19.5 Å². The van der Waals surface area contributed by atoms with Gasteiger partial charge < -0.3 is 4.90 Å². The molecule has 2 rings (SSSR count). The Morgan fingerprint density at radius 1 is 1.31 bits per heavy atom. The van der Waals surface area contributed by atoms with Gasteiger partial charge in [0.15, 0.2) is 10.7 Å². The van der Waals surface area contributed by atoms with Gasteiger partial charge in [-0.25, -0.2) is 8.42 Å². The number of halogens is 1. The molecule has 86 valence electrons. The molecule has 4 nitrogen and oxygen atoms in total. The van der Waals surface area contributed by atoms with Crippen LogP contribution in [0.15, 0.2) is 23.1 Å². The van der Waals surface area contributed by atoms with E-state index in [2.05, 4.69) is 0 Å². The largest absolute Gasteiger partial charge is 0.339 e. The van der Waals surface area contributed by atoms with Crippen molar-refractivity contribution in [3.05, 3.63) is 28.8 Å². The lowest BCUT2D eigenvalue weighted by Gasteiger charge is -2.30. The molecular weight excluding hydrogens is 250 g/mol. The van der Waals surface area contributed by atoms with E-state index in [4.69, 9.17) is 11.6 Å². The smallest absolute Gasteiger partial charge is 0.253 e. The fourth-order valence-corrected chi connectivity index (χ4v) is 2.31. The molecule has 16 heavy (non-hydrogen) atoms. The number of rotatable bonds is 2. The maximum Gasteiger partial charge on any atom is 0.253 e. The van der Waals surface area contributed by atoms with Gasteiger partial charge in [0.1, 0.15) is 0 Å². The quantitative estimate of drug-likeness (QED) is 0.811. The molecule has 1 saturated heterocycles. The van der Waals surface area contributed by atoms with E-state index in [1.54, 1.807) is 11.0 Å². The molecule has 1 fully saturated rings. The van der Waals surface area contributed by atoms with Crippen molar-refractivity contribution in [3.63, 3.8) is 0 Å². The molecule has 0 unspecified atom stereocenters. The van der Waals surface area contributed by atoms with Crippen LogP contribution in [0.25, 0.3) is 0 Å². The van der Waals surface area contributed by atoms with E-state index in [9.17, 15) is 13.2 Å². The molecule has 0 radical (unpaired) electrons. The Hall–Kier alpha value is -1.07. The van der Waals surface area contributed by atoms with Gasteiger partial charge in [-0.1, -0.05) is 11.6 Å². The normalized spacial score (nSPS) is 15.0. The fourth-order valence-electron chi connectivity index (χ4n) is 1.49. The lowest BCUT2D eigenvalue weighted by Crippen LogP contribution is -2.42. The van der Waals surface area contributed by atoms with Crippen molar-refractivity contribution in [1.82, 2.24) is 4.90 Å². The van der Waals surface area contributed by atoms with Gasteiger partial charge in [0.2, 0.25) is 0 Å². The van der Waals surface area contributed by atoms with E-state index >= 15 is 0 Å². The monoisotopic (exact) mass is 259 g/mol. The first-order valence-electron chi connectivity index (χ1n) is 4.83. The maximum atomic E-state index is 11.8. The maximum absolute atomic E-state index is 11.8. The van der Waals surface area contributed by atoms with Crippen LogP contribution < -0.4 is 0 Å². The molecule has 1 aromatic carbocycles.